The van der Waals surface area contributed by atoms with Crippen LogP contribution in [0.5, 0.6) is 0 Å². The predicted octanol–water partition coefficient (Wildman–Crippen LogP) is 2.92. The second-order valence-corrected chi connectivity index (χ2v) is 4.86. The monoisotopic (exact) mass is 303 g/mol. The number of nitrogens with zero attached hydrogens (tertiary/aromatic N) is 1. The van der Waals surface area contributed by atoms with E-state index in [0.717, 1.165) is 27.5 Å². The molecular formula is C14H14BrN3. The standard InChI is InChI=1S/C14H14BrN3/c1-2-3-7-13(18-16)14-11(15)9-10-6-4-5-8-12(10)17-14/h1,4-6,8-9,13,18H,3,7,16H2. The molecule has 3 N–H and O–H groups in total. The van der Waals surface area contributed by atoms with E-state index in [2.05, 4.69) is 38.3 Å². The lowest BCUT2D eigenvalue weighted by Gasteiger charge is -2.16. The van der Waals surface area contributed by atoms with Gasteiger partial charge in [-0.15, -0.1) is 12.3 Å². The van der Waals surface area contributed by atoms with E-state index in [9.17, 15) is 0 Å². The van der Waals surface area contributed by atoms with Crippen molar-refractivity contribution in [3.05, 3.63) is 40.5 Å². The van der Waals surface area contributed by atoms with Crippen LogP contribution in [-0.2, 0) is 0 Å². The van der Waals surface area contributed by atoms with Gasteiger partial charge in [0.05, 0.1) is 17.3 Å². The number of fused-ring (bicyclic) bond motifs is 1. The van der Waals surface area contributed by atoms with Gasteiger partial charge in [-0.3, -0.25) is 11.3 Å². The molecule has 0 fully saturated rings. The van der Waals surface area contributed by atoms with Crippen molar-refractivity contribution in [1.82, 2.24) is 10.4 Å². The number of hydrogen-bond acceptors (Lipinski definition) is 3. The molecule has 92 valence electrons. The number of nitrogens with one attached hydrogen (secondary N) is 1. The summed E-state index contributed by atoms with van der Waals surface area (Å²) in [5.41, 5.74) is 4.62. The molecule has 1 atom stereocenters. The van der Waals surface area contributed by atoms with Crippen LogP contribution in [0.4, 0.5) is 0 Å². The van der Waals surface area contributed by atoms with Crippen molar-refractivity contribution in [2.75, 3.05) is 0 Å². The van der Waals surface area contributed by atoms with Crippen LogP contribution in [0.15, 0.2) is 34.8 Å². The van der Waals surface area contributed by atoms with Crippen molar-refractivity contribution in [2.24, 2.45) is 5.84 Å². The van der Waals surface area contributed by atoms with Crippen LogP contribution < -0.4 is 11.3 Å². The van der Waals surface area contributed by atoms with Gasteiger partial charge in [0.15, 0.2) is 0 Å². The van der Waals surface area contributed by atoms with E-state index in [1.165, 1.54) is 0 Å². The molecule has 1 heterocycles. The maximum absolute atomic E-state index is 5.58. The quantitative estimate of drug-likeness (QED) is 0.519. The molecule has 0 saturated heterocycles. The minimum Gasteiger partial charge on any atom is -0.271 e. The molecule has 3 nitrogen and oxygen atoms in total. The summed E-state index contributed by atoms with van der Waals surface area (Å²) in [5.74, 6) is 8.20. The van der Waals surface area contributed by atoms with Crippen molar-refractivity contribution in [1.29, 1.82) is 0 Å². The smallest absolute Gasteiger partial charge is 0.0736 e. The molecule has 1 aromatic heterocycles. The zero-order valence-electron chi connectivity index (χ0n) is 9.86. The Kier molecular flexibility index (Phi) is 4.32. The van der Waals surface area contributed by atoms with E-state index >= 15 is 0 Å². The van der Waals surface area contributed by atoms with E-state index < -0.39 is 0 Å². The molecular weight excluding hydrogens is 290 g/mol. The Balaban J connectivity index is 2.42. The average molecular weight is 304 g/mol. The van der Waals surface area contributed by atoms with Gasteiger partial charge in [0.1, 0.15) is 0 Å². The molecule has 2 rings (SSSR count). The molecule has 1 unspecified atom stereocenters. The number of pyridine rings is 1. The predicted molar refractivity (Wildman–Crippen MR) is 77.6 cm³/mol. The minimum absolute atomic E-state index is 0.0416. The lowest BCUT2D eigenvalue weighted by atomic mass is 10.1. The highest BCUT2D eigenvalue weighted by molar-refractivity contribution is 9.10. The molecule has 0 spiro atoms. The number of hydrogen-bond donors (Lipinski definition) is 2. The molecule has 0 bridgehead atoms. The second-order valence-electron chi connectivity index (χ2n) is 4.01. The van der Waals surface area contributed by atoms with E-state index in [1.54, 1.807) is 0 Å². The molecule has 0 aliphatic rings. The minimum atomic E-state index is -0.0416. The molecule has 1 aromatic carbocycles. The fraction of sp³-hybridized carbons (Fsp3) is 0.214. The molecule has 4 heteroatoms. The Labute approximate surface area is 115 Å². The number of aromatic nitrogens is 1. The summed E-state index contributed by atoms with van der Waals surface area (Å²) < 4.78 is 0.946. The van der Waals surface area contributed by atoms with E-state index in [-0.39, 0.29) is 6.04 Å². The molecule has 0 amide bonds. The number of hydrazine groups is 1. The Morgan fingerprint density at radius 1 is 1.44 bits per heavy atom. The Morgan fingerprint density at radius 2 is 2.22 bits per heavy atom. The van der Waals surface area contributed by atoms with Crippen molar-refractivity contribution in [3.8, 4) is 12.3 Å². The van der Waals surface area contributed by atoms with E-state index in [1.807, 2.05) is 24.3 Å². The van der Waals surface area contributed by atoms with Crippen LogP contribution in [-0.4, -0.2) is 4.98 Å². The van der Waals surface area contributed by atoms with Crippen molar-refractivity contribution >= 4 is 26.8 Å². The molecule has 0 aliphatic heterocycles. The van der Waals surface area contributed by atoms with Crippen molar-refractivity contribution in [2.45, 2.75) is 18.9 Å². The fourth-order valence-electron chi connectivity index (χ4n) is 1.88. The zero-order chi connectivity index (χ0) is 13.0. The summed E-state index contributed by atoms with van der Waals surface area (Å²) in [6.45, 7) is 0. The Hall–Kier alpha value is -1.41. The zero-order valence-corrected chi connectivity index (χ0v) is 11.4. The molecule has 0 saturated carbocycles. The maximum atomic E-state index is 5.58. The third-order valence-corrected chi connectivity index (χ3v) is 3.45. The largest absolute Gasteiger partial charge is 0.271 e. The van der Waals surface area contributed by atoms with Crippen molar-refractivity contribution in [3.63, 3.8) is 0 Å². The highest BCUT2D eigenvalue weighted by Gasteiger charge is 2.15. The summed E-state index contributed by atoms with van der Waals surface area (Å²) in [7, 11) is 0. The number of nitrogens with two attached hydrogens (primary N) is 1. The van der Waals surface area contributed by atoms with Crippen molar-refractivity contribution < 1.29 is 0 Å². The van der Waals surface area contributed by atoms with Gasteiger partial charge < -0.3 is 0 Å². The third-order valence-electron chi connectivity index (χ3n) is 2.81. The van der Waals surface area contributed by atoms with Gasteiger partial charge >= 0.3 is 0 Å². The van der Waals surface area contributed by atoms with Gasteiger partial charge in [-0.1, -0.05) is 18.2 Å². The summed E-state index contributed by atoms with van der Waals surface area (Å²) in [6.07, 6.45) is 6.71. The first kappa shape index (κ1) is 13.0. The molecule has 0 radical (unpaired) electrons. The molecule has 0 aliphatic carbocycles. The lowest BCUT2D eigenvalue weighted by Crippen LogP contribution is -2.29. The van der Waals surface area contributed by atoms with Gasteiger partial charge in [0.2, 0.25) is 0 Å². The fourth-order valence-corrected chi connectivity index (χ4v) is 2.49. The first-order valence-electron chi connectivity index (χ1n) is 5.71. The second kappa shape index (κ2) is 5.96. The summed E-state index contributed by atoms with van der Waals surface area (Å²) in [6, 6.07) is 9.99. The van der Waals surface area contributed by atoms with Gasteiger partial charge in [-0.2, -0.15) is 0 Å². The average Bonchev–Trinajstić information content (AvgIpc) is 2.40. The maximum Gasteiger partial charge on any atom is 0.0736 e. The molecule has 18 heavy (non-hydrogen) atoms. The van der Waals surface area contributed by atoms with Crippen LogP contribution in [0.1, 0.15) is 24.6 Å². The Morgan fingerprint density at radius 3 is 2.94 bits per heavy atom. The van der Waals surface area contributed by atoms with Gasteiger partial charge in [-0.05, 0) is 34.5 Å². The van der Waals surface area contributed by atoms with Crippen LogP contribution in [0.25, 0.3) is 10.9 Å². The van der Waals surface area contributed by atoms with Crippen LogP contribution in [0.3, 0.4) is 0 Å². The van der Waals surface area contributed by atoms with Gasteiger partial charge in [0.25, 0.3) is 0 Å². The number of para-hydroxylation sites is 1. The van der Waals surface area contributed by atoms with Crippen LogP contribution in [0.2, 0.25) is 0 Å². The number of terminal acetylenes is 1. The molecule has 2 aromatic rings. The summed E-state index contributed by atoms with van der Waals surface area (Å²) in [4.78, 5) is 4.64. The van der Waals surface area contributed by atoms with Gasteiger partial charge in [-0.25, -0.2) is 4.98 Å². The summed E-state index contributed by atoms with van der Waals surface area (Å²) >= 11 is 3.54. The number of benzene rings is 1. The van der Waals surface area contributed by atoms with E-state index in [4.69, 9.17) is 12.3 Å². The topological polar surface area (TPSA) is 50.9 Å². The number of rotatable bonds is 4. The third kappa shape index (κ3) is 2.70. The highest BCUT2D eigenvalue weighted by atomic mass is 79.9. The summed E-state index contributed by atoms with van der Waals surface area (Å²) in [5, 5.41) is 1.10. The number of halogens is 1. The van der Waals surface area contributed by atoms with Gasteiger partial charge in [0, 0.05) is 16.3 Å². The SMILES string of the molecule is C#CCCC(NN)c1nc2ccccc2cc1Br. The van der Waals surface area contributed by atoms with E-state index in [0.29, 0.717) is 6.42 Å². The first-order chi connectivity index (χ1) is 8.76. The first-order valence-corrected chi connectivity index (χ1v) is 6.50. The lowest BCUT2D eigenvalue weighted by molar-refractivity contribution is 0.511. The Bertz CT molecular complexity index is 589. The highest BCUT2D eigenvalue weighted by Crippen LogP contribution is 2.27. The normalized spacial score (nSPS) is 12.3. The van der Waals surface area contributed by atoms with Crippen LogP contribution >= 0.6 is 15.9 Å². The van der Waals surface area contributed by atoms with Crippen LogP contribution in [0, 0.1) is 12.3 Å².